The highest BCUT2D eigenvalue weighted by Crippen LogP contribution is 2.37. The van der Waals surface area contributed by atoms with E-state index in [9.17, 15) is 9.90 Å². The van der Waals surface area contributed by atoms with Gasteiger partial charge in [0.15, 0.2) is 5.13 Å². The first kappa shape index (κ1) is 16.0. The van der Waals surface area contributed by atoms with Gasteiger partial charge in [0.1, 0.15) is 0 Å². The summed E-state index contributed by atoms with van der Waals surface area (Å²) in [6.07, 6.45) is 3.59. The lowest BCUT2D eigenvalue weighted by Gasteiger charge is -2.02. The number of carboxylic acids is 1. The van der Waals surface area contributed by atoms with E-state index in [1.165, 1.54) is 23.5 Å². The fourth-order valence-electron chi connectivity index (χ4n) is 2.62. The van der Waals surface area contributed by atoms with Crippen molar-refractivity contribution in [3.63, 3.8) is 0 Å². The second kappa shape index (κ2) is 6.45. The molecule has 0 atom stereocenters. The van der Waals surface area contributed by atoms with Crippen molar-refractivity contribution in [2.45, 2.75) is 0 Å². The molecule has 3 aromatic rings. The molecule has 26 heavy (non-hydrogen) atoms. The zero-order valence-corrected chi connectivity index (χ0v) is 14.2. The van der Waals surface area contributed by atoms with E-state index in [1.54, 1.807) is 18.3 Å². The van der Waals surface area contributed by atoms with Crippen LogP contribution in [0.2, 0.25) is 0 Å². The van der Waals surface area contributed by atoms with Crippen LogP contribution in [0.1, 0.15) is 20.8 Å². The minimum absolute atomic E-state index is 0.0860. The third-order valence-electron chi connectivity index (χ3n) is 3.84. The summed E-state index contributed by atoms with van der Waals surface area (Å²) in [5, 5.41) is 22.7. The van der Waals surface area contributed by atoms with Gasteiger partial charge in [-0.2, -0.15) is 4.98 Å². The first-order valence-corrected chi connectivity index (χ1v) is 8.57. The van der Waals surface area contributed by atoms with Crippen molar-refractivity contribution in [1.82, 2.24) is 4.98 Å². The summed E-state index contributed by atoms with van der Waals surface area (Å²) in [6.45, 7) is 0. The van der Waals surface area contributed by atoms with Crippen molar-refractivity contribution in [3.05, 3.63) is 64.5 Å². The molecule has 7 heteroatoms. The summed E-state index contributed by atoms with van der Waals surface area (Å²) in [4.78, 5) is 20.1. The number of fused-ring (bicyclic) bond motifs is 1. The summed E-state index contributed by atoms with van der Waals surface area (Å²) in [5.74, 6) is -1.09. The van der Waals surface area contributed by atoms with Crippen LogP contribution in [0.15, 0.2) is 53.5 Å². The maximum absolute atomic E-state index is 11.1. The third kappa shape index (κ3) is 3.07. The van der Waals surface area contributed by atoms with Crippen LogP contribution in [0.5, 0.6) is 5.88 Å². The number of hydrogen-bond acceptors (Lipinski definition) is 6. The van der Waals surface area contributed by atoms with Crippen LogP contribution in [0.4, 0.5) is 16.5 Å². The highest BCUT2D eigenvalue weighted by Gasteiger charge is 2.15. The first-order valence-electron chi connectivity index (χ1n) is 7.75. The SMILES string of the molecule is O=C(O)c1cccc(Nc2nc(O)c(/C=C3\C=Nc4ccccc43)s2)c1. The molecule has 4 rings (SSSR count). The van der Waals surface area contributed by atoms with Crippen molar-refractivity contribution in [1.29, 1.82) is 0 Å². The molecule has 0 amide bonds. The Labute approximate surface area is 152 Å². The summed E-state index contributed by atoms with van der Waals surface area (Å²) >= 11 is 1.27. The van der Waals surface area contributed by atoms with Crippen molar-refractivity contribution in [3.8, 4) is 5.88 Å². The highest BCUT2D eigenvalue weighted by atomic mass is 32.1. The standard InChI is InChI=1S/C19H13N3O3S/c23-17-16(9-12-10-20-15-7-2-1-6-14(12)15)26-19(22-17)21-13-5-3-4-11(8-13)18(24)25/h1-10,23H,(H,21,22)(H,24,25)/b12-9+. The van der Waals surface area contributed by atoms with Crippen molar-refractivity contribution < 1.29 is 15.0 Å². The van der Waals surface area contributed by atoms with Gasteiger partial charge in [0.05, 0.1) is 16.1 Å². The summed E-state index contributed by atoms with van der Waals surface area (Å²) in [6, 6.07) is 14.2. The Kier molecular flexibility index (Phi) is 3.98. The smallest absolute Gasteiger partial charge is 0.335 e. The minimum atomic E-state index is -1.000. The normalized spacial score (nSPS) is 13.8. The Hall–Kier alpha value is -3.45. The lowest BCUT2D eigenvalue weighted by Crippen LogP contribution is -1.97. The van der Waals surface area contributed by atoms with Crippen LogP contribution in [0.3, 0.4) is 0 Å². The van der Waals surface area contributed by atoms with Crippen molar-refractivity contribution >= 4 is 51.7 Å². The zero-order valence-electron chi connectivity index (χ0n) is 13.4. The van der Waals surface area contributed by atoms with E-state index in [2.05, 4.69) is 15.3 Å². The number of benzene rings is 2. The number of nitrogens with one attached hydrogen (secondary N) is 1. The van der Waals surface area contributed by atoms with Crippen LogP contribution in [0, 0.1) is 0 Å². The Morgan fingerprint density at radius 1 is 1.15 bits per heavy atom. The van der Waals surface area contributed by atoms with E-state index in [0.717, 1.165) is 16.8 Å². The second-order valence-electron chi connectivity index (χ2n) is 5.59. The molecule has 1 aromatic heterocycles. The average Bonchev–Trinajstić information content (AvgIpc) is 3.19. The van der Waals surface area contributed by atoms with Gasteiger partial charge in [-0.1, -0.05) is 35.6 Å². The van der Waals surface area contributed by atoms with Gasteiger partial charge in [-0.3, -0.25) is 4.99 Å². The molecule has 1 aliphatic heterocycles. The predicted molar refractivity (Wildman–Crippen MR) is 103 cm³/mol. The number of allylic oxidation sites excluding steroid dienone is 1. The van der Waals surface area contributed by atoms with Gasteiger partial charge >= 0.3 is 5.97 Å². The topological polar surface area (TPSA) is 94.8 Å². The van der Waals surface area contributed by atoms with E-state index < -0.39 is 5.97 Å². The van der Waals surface area contributed by atoms with Gasteiger partial charge in [-0.15, -0.1) is 0 Å². The summed E-state index contributed by atoms with van der Waals surface area (Å²) in [7, 11) is 0. The molecule has 128 valence electrons. The molecule has 6 nitrogen and oxygen atoms in total. The number of hydrogen-bond donors (Lipinski definition) is 3. The first-order chi connectivity index (χ1) is 12.6. The number of nitrogens with zero attached hydrogens (tertiary/aromatic N) is 2. The number of para-hydroxylation sites is 1. The highest BCUT2D eigenvalue weighted by molar-refractivity contribution is 7.16. The molecule has 0 bridgehead atoms. The molecule has 2 heterocycles. The Morgan fingerprint density at radius 3 is 2.85 bits per heavy atom. The Balaban J connectivity index is 1.61. The molecular formula is C19H13N3O3S. The van der Waals surface area contributed by atoms with Crippen molar-refractivity contribution in [2.24, 2.45) is 4.99 Å². The molecule has 0 unspecified atom stereocenters. The van der Waals surface area contributed by atoms with Crippen molar-refractivity contribution in [2.75, 3.05) is 5.32 Å². The fraction of sp³-hybridized carbons (Fsp3) is 0. The number of carbonyl (C=O) groups is 1. The van der Waals surface area contributed by atoms with Crippen LogP contribution in [-0.2, 0) is 0 Å². The van der Waals surface area contributed by atoms with Gasteiger partial charge in [0.2, 0.25) is 5.88 Å². The molecule has 1 aliphatic rings. The van der Waals surface area contributed by atoms with Crippen LogP contribution >= 0.6 is 11.3 Å². The number of aromatic carboxylic acids is 1. The summed E-state index contributed by atoms with van der Waals surface area (Å²) < 4.78 is 0. The Morgan fingerprint density at radius 2 is 2.00 bits per heavy atom. The summed E-state index contributed by atoms with van der Waals surface area (Å²) in [5.41, 5.74) is 3.57. The lowest BCUT2D eigenvalue weighted by molar-refractivity contribution is 0.0697. The molecule has 0 aliphatic carbocycles. The minimum Gasteiger partial charge on any atom is -0.492 e. The van der Waals surface area contributed by atoms with E-state index in [0.29, 0.717) is 15.7 Å². The maximum Gasteiger partial charge on any atom is 0.335 e. The van der Waals surface area contributed by atoms with Gasteiger partial charge in [-0.05, 0) is 30.3 Å². The second-order valence-corrected chi connectivity index (χ2v) is 6.62. The van der Waals surface area contributed by atoms with E-state index in [-0.39, 0.29) is 11.4 Å². The van der Waals surface area contributed by atoms with E-state index >= 15 is 0 Å². The molecular weight excluding hydrogens is 350 g/mol. The quantitative estimate of drug-likeness (QED) is 0.632. The number of anilines is 2. The van der Waals surface area contributed by atoms with E-state index in [4.69, 9.17) is 5.11 Å². The average molecular weight is 363 g/mol. The van der Waals surface area contributed by atoms with Crippen LogP contribution < -0.4 is 5.32 Å². The number of aromatic nitrogens is 1. The lowest BCUT2D eigenvalue weighted by atomic mass is 10.1. The number of aliphatic imine (C=N–C) groups is 1. The third-order valence-corrected chi connectivity index (χ3v) is 4.75. The monoisotopic (exact) mass is 363 g/mol. The Bertz CT molecular complexity index is 1070. The van der Waals surface area contributed by atoms with Gasteiger partial charge < -0.3 is 15.5 Å². The predicted octanol–water partition coefficient (Wildman–Crippen LogP) is 4.55. The van der Waals surface area contributed by atoms with Gasteiger partial charge in [0, 0.05) is 23.0 Å². The molecule has 0 saturated carbocycles. The number of rotatable bonds is 4. The molecule has 0 saturated heterocycles. The number of aromatic hydroxyl groups is 1. The molecule has 0 spiro atoms. The van der Waals surface area contributed by atoms with Crippen LogP contribution in [-0.4, -0.2) is 27.4 Å². The molecule has 0 radical (unpaired) electrons. The fourth-order valence-corrected chi connectivity index (χ4v) is 3.45. The van der Waals surface area contributed by atoms with Gasteiger partial charge in [0.25, 0.3) is 0 Å². The van der Waals surface area contributed by atoms with Crippen LogP contribution in [0.25, 0.3) is 11.6 Å². The maximum atomic E-state index is 11.1. The molecule has 3 N–H and O–H groups in total. The number of carboxylic acid groups (broad SMARTS) is 1. The zero-order chi connectivity index (χ0) is 18.1. The molecule has 2 aromatic carbocycles. The largest absolute Gasteiger partial charge is 0.492 e. The molecule has 0 fully saturated rings. The van der Waals surface area contributed by atoms with Gasteiger partial charge in [-0.25, -0.2) is 4.79 Å². The van der Waals surface area contributed by atoms with E-state index in [1.807, 2.05) is 30.3 Å². The number of thiazole rings is 1.